The number of carbonyl (C=O) groups is 3. The van der Waals surface area contributed by atoms with Crippen LogP contribution in [0.25, 0.3) is 0 Å². The number of carbonyl (C=O) groups excluding carboxylic acids is 3. The molecule has 0 aromatic heterocycles. The molecule has 0 aromatic rings. The van der Waals surface area contributed by atoms with Crippen LogP contribution in [0.4, 0.5) is 0 Å². The van der Waals surface area contributed by atoms with Gasteiger partial charge in [0.25, 0.3) is 0 Å². The molecule has 0 saturated carbocycles. The summed E-state index contributed by atoms with van der Waals surface area (Å²) in [5.41, 5.74) is 0. The molecule has 0 rings (SSSR count). The Morgan fingerprint density at radius 2 is 1.23 bits per heavy atom. The smallest absolute Gasteiger partial charge is 0.334 e. The second kappa shape index (κ2) is 11.6. The standard InChI is InChI=1S/C15H24O7/c1-5-19-11(10-13(16)20-6-2)9-12(14(17)21-7-3)15(18)22-8-4/h10,12H,5-9H2,1-4H3/b11-10+. The zero-order chi connectivity index (χ0) is 17.0. The molecule has 0 unspecified atom stereocenters. The van der Waals surface area contributed by atoms with E-state index in [1.54, 1.807) is 27.7 Å². The van der Waals surface area contributed by atoms with Crippen LogP contribution in [0.2, 0.25) is 0 Å². The van der Waals surface area contributed by atoms with Crippen molar-refractivity contribution in [2.24, 2.45) is 5.92 Å². The fourth-order valence-corrected chi connectivity index (χ4v) is 1.61. The fourth-order valence-electron chi connectivity index (χ4n) is 1.61. The van der Waals surface area contributed by atoms with Crippen molar-refractivity contribution in [1.29, 1.82) is 0 Å². The third-order valence-electron chi connectivity index (χ3n) is 2.44. The summed E-state index contributed by atoms with van der Waals surface area (Å²) in [5.74, 6) is -3.03. The highest BCUT2D eigenvalue weighted by Gasteiger charge is 2.31. The van der Waals surface area contributed by atoms with Crippen molar-refractivity contribution in [3.63, 3.8) is 0 Å². The van der Waals surface area contributed by atoms with Crippen molar-refractivity contribution in [2.45, 2.75) is 34.1 Å². The molecule has 22 heavy (non-hydrogen) atoms. The number of ether oxygens (including phenoxy) is 4. The third kappa shape index (κ3) is 7.66. The van der Waals surface area contributed by atoms with Crippen molar-refractivity contribution >= 4 is 17.9 Å². The largest absolute Gasteiger partial charge is 0.498 e. The summed E-state index contributed by atoms with van der Waals surface area (Å²) in [4.78, 5) is 35.3. The Labute approximate surface area is 130 Å². The molecule has 0 fully saturated rings. The Hall–Kier alpha value is -2.05. The highest BCUT2D eigenvalue weighted by atomic mass is 16.6. The average molecular weight is 316 g/mol. The Kier molecular flexibility index (Phi) is 10.5. The maximum absolute atomic E-state index is 11.9. The van der Waals surface area contributed by atoms with Gasteiger partial charge in [0.05, 0.1) is 32.5 Å². The molecule has 7 heteroatoms. The summed E-state index contributed by atoms with van der Waals surface area (Å²) in [7, 11) is 0. The molecule has 126 valence electrons. The van der Waals surface area contributed by atoms with E-state index in [1.165, 1.54) is 0 Å². The summed E-state index contributed by atoms with van der Waals surface area (Å²) >= 11 is 0. The van der Waals surface area contributed by atoms with Crippen LogP contribution < -0.4 is 0 Å². The van der Waals surface area contributed by atoms with E-state index >= 15 is 0 Å². The maximum Gasteiger partial charge on any atom is 0.334 e. The van der Waals surface area contributed by atoms with Crippen molar-refractivity contribution in [3.05, 3.63) is 11.8 Å². The maximum atomic E-state index is 11.9. The highest BCUT2D eigenvalue weighted by molar-refractivity contribution is 5.95. The van der Waals surface area contributed by atoms with Gasteiger partial charge in [-0.25, -0.2) is 4.79 Å². The lowest BCUT2D eigenvalue weighted by atomic mass is 10.0. The predicted octanol–water partition coefficient (Wildman–Crippen LogP) is 1.60. The van der Waals surface area contributed by atoms with Gasteiger partial charge in [-0.15, -0.1) is 0 Å². The molecule has 0 N–H and O–H groups in total. The van der Waals surface area contributed by atoms with Gasteiger partial charge in [0.15, 0.2) is 5.92 Å². The van der Waals surface area contributed by atoms with E-state index in [0.717, 1.165) is 6.08 Å². The molecule has 0 aliphatic rings. The first kappa shape index (κ1) is 19.9. The van der Waals surface area contributed by atoms with E-state index in [9.17, 15) is 14.4 Å². The summed E-state index contributed by atoms with van der Waals surface area (Å²) in [5, 5.41) is 0. The van der Waals surface area contributed by atoms with Crippen LogP contribution in [0.15, 0.2) is 11.8 Å². The van der Waals surface area contributed by atoms with Crippen molar-refractivity contribution in [2.75, 3.05) is 26.4 Å². The van der Waals surface area contributed by atoms with Crippen LogP contribution in [0.5, 0.6) is 0 Å². The Morgan fingerprint density at radius 1 is 0.773 bits per heavy atom. The number of hydrogen-bond acceptors (Lipinski definition) is 7. The Bertz CT molecular complexity index is 383. The molecule has 0 heterocycles. The SMILES string of the molecule is CCOC(=O)/C=C(\CC(C(=O)OCC)C(=O)OCC)OCC. The number of esters is 3. The van der Waals surface area contributed by atoms with E-state index < -0.39 is 23.8 Å². The highest BCUT2D eigenvalue weighted by Crippen LogP contribution is 2.17. The van der Waals surface area contributed by atoms with Crippen LogP contribution in [0, 0.1) is 5.92 Å². The molecular weight excluding hydrogens is 292 g/mol. The lowest BCUT2D eigenvalue weighted by molar-refractivity contribution is -0.162. The van der Waals surface area contributed by atoms with Gasteiger partial charge in [-0.2, -0.15) is 0 Å². The Balaban J connectivity index is 5.13. The molecule has 7 nitrogen and oxygen atoms in total. The molecule has 0 radical (unpaired) electrons. The normalized spacial score (nSPS) is 11.0. The van der Waals surface area contributed by atoms with Gasteiger partial charge in [0.1, 0.15) is 5.76 Å². The average Bonchev–Trinajstić information content (AvgIpc) is 2.45. The van der Waals surface area contributed by atoms with E-state index in [0.29, 0.717) is 0 Å². The minimum absolute atomic E-state index is 0.121. The van der Waals surface area contributed by atoms with E-state index in [-0.39, 0.29) is 38.6 Å². The summed E-state index contributed by atoms with van der Waals surface area (Å²) in [6.45, 7) is 7.45. The van der Waals surface area contributed by atoms with E-state index in [2.05, 4.69) is 0 Å². The van der Waals surface area contributed by atoms with Gasteiger partial charge in [-0.1, -0.05) is 0 Å². The molecule has 0 aliphatic carbocycles. The van der Waals surface area contributed by atoms with Gasteiger partial charge in [-0.05, 0) is 27.7 Å². The quantitative estimate of drug-likeness (QED) is 0.199. The molecule has 0 spiro atoms. The fraction of sp³-hybridized carbons (Fsp3) is 0.667. The second-order valence-electron chi connectivity index (χ2n) is 4.06. The first-order chi connectivity index (χ1) is 10.5. The minimum Gasteiger partial charge on any atom is -0.498 e. The first-order valence-electron chi connectivity index (χ1n) is 7.33. The Morgan fingerprint density at radius 3 is 1.64 bits per heavy atom. The molecule has 0 amide bonds. The topological polar surface area (TPSA) is 88.1 Å². The van der Waals surface area contributed by atoms with Gasteiger partial charge in [0.2, 0.25) is 0 Å². The third-order valence-corrected chi connectivity index (χ3v) is 2.44. The van der Waals surface area contributed by atoms with Crippen molar-refractivity contribution in [3.8, 4) is 0 Å². The first-order valence-corrected chi connectivity index (χ1v) is 7.33. The molecular formula is C15H24O7. The van der Waals surface area contributed by atoms with Gasteiger partial charge in [-0.3, -0.25) is 9.59 Å². The van der Waals surface area contributed by atoms with Gasteiger partial charge in [0, 0.05) is 6.42 Å². The number of rotatable bonds is 10. The minimum atomic E-state index is -1.17. The molecule has 0 aliphatic heterocycles. The van der Waals surface area contributed by atoms with Crippen LogP contribution in [0.1, 0.15) is 34.1 Å². The summed E-state index contributed by atoms with van der Waals surface area (Å²) in [6.07, 6.45) is 1.00. The lowest BCUT2D eigenvalue weighted by Gasteiger charge is -2.16. The zero-order valence-electron chi connectivity index (χ0n) is 13.5. The van der Waals surface area contributed by atoms with E-state index in [1.807, 2.05) is 0 Å². The van der Waals surface area contributed by atoms with Crippen LogP contribution >= 0.6 is 0 Å². The van der Waals surface area contributed by atoms with Crippen LogP contribution in [0.3, 0.4) is 0 Å². The summed E-state index contributed by atoms with van der Waals surface area (Å²) in [6, 6.07) is 0. The van der Waals surface area contributed by atoms with E-state index in [4.69, 9.17) is 18.9 Å². The predicted molar refractivity (Wildman–Crippen MR) is 77.7 cm³/mol. The summed E-state index contributed by atoms with van der Waals surface area (Å²) < 4.78 is 19.8. The van der Waals surface area contributed by atoms with Crippen molar-refractivity contribution < 1.29 is 33.3 Å². The second-order valence-corrected chi connectivity index (χ2v) is 4.06. The lowest BCUT2D eigenvalue weighted by Crippen LogP contribution is -2.29. The molecule has 0 atom stereocenters. The zero-order valence-corrected chi connectivity index (χ0v) is 13.5. The van der Waals surface area contributed by atoms with Gasteiger partial charge < -0.3 is 18.9 Å². The number of hydrogen-bond donors (Lipinski definition) is 0. The molecule has 0 saturated heterocycles. The number of allylic oxidation sites excluding steroid dienone is 1. The monoisotopic (exact) mass is 316 g/mol. The van der Waals surface area contributed by atoms with Crippen molar-refractivity contribution in [1.82, 2.24) is 0 Å². The van der Waals surface area contributed by atoms with Crippen LogP contribution in [-0.4, -0.2) is 44.3 Å². The van der Waals surface area contributed by atoms with Crippen LogP contribution in [-0.2, 0) is 33.3 Å². The molecule has 0 aromatic carbocycles. The van der Waals surface area contributed by atoms with Gasteiger partial charge >= 0.3 is 17.9 Å². The molecule has 0 bridgehead atoms.